The number of benzene rings is 10. The topological polar surface area (TPSA) is 3.24 Å². The molecule has 1 heteroatoms. The van der Waals surface area contributed by atoms with Gasteiger partial charge in [0.2, 0.25) is 0 Å². The lowest BCUT2D eigenvalue weighted by atomic mass is 9.81. The first-order valence-corrected chi connectivity index (χ1v) is 20.2. The number of hydrogen-bond donors (Lipinski definition) is 0. The Morgan fingerprint density at radius 2 is 0.759 bits per heavy atom. The van der Waals surface area contributed by atoms with E-state index in [1.807, 2.05) is 0 Å². The highest BCUT2D eigenvalue weighted by Gasteiger charge is 2.36. The highest BCUT2D eigenvalue weighted by molar-refractivity contribution is 6.10. The molecule has 0 saturated carbocycles. The Balaban J connectivity index is 0.946. The summed E-state index contributed by atoms with van der Waals surface area (Å²) in [6.45, 7) is 4.75. The Kier molecular flexibility index (Phi) is 7.91. The molecule has 0 amide bonds. The molecule has 10 aromatic rings. The fourth-order valence-electron chi connectivity index (χ4n) is 9.40. The molecule has 1 aliphatic rings. The summed E-state index contributed by atoms with van der Waals surface area (Å²) in [5, 5.41) is 7.56. The zero-order valence-corrected chi connectivity index (χ0v) is 32.7. The minimum atomic E-state index is -0.161. The van der Waals surface area contributed by atoms with Crippen molar-refractivity contribution in [3.8, 4) is 44.5 Å². The Morgan fingerprint density at radius 1 is 0.293 bits per heavy atom. The second-order valence-corrected chi connectivity index (χ2v) is 16.2. The van der Waals surface area contributed by atoms with Crippen molar-refractivity contribution in [2.75, 3.05) is 4.90 Å². The minimum Gasteiger partial charge on any atom is -0.310 e. The average molecular weight is 740 g/mol. The lowest BCUT2D eigenvalue weighted by molar-refractivity contribution is 0.660. The zero-order chi connectivity index (χ0) is 38.8. The van der Waals surface area contributed by atoms with E-state index in [-0.39, 0.29) is 5.41 Å². The summed E-state index contributed by atoms with van der Waals surface area (Å²) < 4.78 is 0. The van der Waals surface area contributed by atoms with Gasteiger partial charge >= 0.3 is 0 Å². The molecule has 0 aliphatic heterocycles. The van der Waals surface area contributed by atoms with Gasteiger partial charge in [-0.05, 0) is 155 Å². The molecular weight excluding hydrogens is 699 g/mol. The van der Waals surface area contributed by atoms with E-state index in [0.29, 0.717) is 0 Å². The summed E-state index contributed by atoms with van der Waals surface area (Å²) in [4.78, 5) is 2.36. The highest BCUT2D eigenvalue weighted by atomic mass is 15.1. The molecule has 0 spiro atoms. The molecule has 1 nitrogen and oxygen atoms in total. The van der Waals surface area contributed by atoms with Gasteiger partial charge in [-0.2, -0.15) is 0 Å². The number of nitrogens with zero attached hydrogens (tertiary/aromatic N) is 1. The van der Waals surface area contributed by atoms with E-state index in [9.17, 15) is 0 Å². The number of fused-ring (bicyclic) bond motifs is 7. The van der Waals surface area contributed by atoms with E-state index >= 15 is 0 Å². The number of hydrogen-bond acceptors (Lipinski definition) is 1. The molecule has 0 radical (unpaired) electrons. The van der Waals surface area contributed by atoms with Crippen LogP contribution in [0.2, 0.25) is 0 Å². The summed E-state index contributed by atoms with van der Waals surface area (Å²) in [5.41, 5.74) is 16.1. The van der Waals surface area contributed by atoms with Crippen LogP contribution in [0.25, 0.3) is 76.8 Å². The van der Waals surface area contributed by atoms with Crippen LogP contribution >= 0.6 is 0 Å². The second-order valence-electron chi connectivity index (χ2n) is 16.2. The number of anilines is 3. The van der Waals surface area contributed by atoms with Crippen LogP contribution in [-0.2, 0) is 5.41 Å². The number of para-hydroxylation sites is 2. The van der Waals surface area contributed by atoms with Crippen LogP contribution in [0, 0.1) is 0 Å². The van der Waals surface area contributed by atoms with Crippen LogP contribution in [0.3, 0.4) is 0 Å². The fraction of sp³-hybridized carbons (Fsp3) is 0.0526. The summed E-state index contributed by atoms with van der Waals surface area (Å²) in [7, 11) is 0. The summed E-state index contributed by atoms with van der Waals surface area (Å²) in [5.74, 6) is 0. The largest absolute Gasteiger partial charge is 0.310 e. The molecule has 0 fully saturated rings. The van der Waals surface area contributed by atoms with Crippen molar-refractivity contribution in [1.29, 1.82) is 0 Å². The second kappa shape index (κ2) is 13.5. The predicted molar refractivity (Wildman–Crippen MR) is 248 cm³/mol. The maximum atomic E-state index is 2.43. The van der Waals surface area contributed by atoms with Gasteiger partial charge in [0.15, 0.2) is 0 Å². The molecule has 10 aromatic carbocycles. The summed E-state index contributed by atoms with van der Waals surface area (Å²) >= 11 is 0. The lowest BCUT2D eigenvalue weighted by Gasteiger charge is -2.28. The molecule has 0 saturated heterocycles. The molecule has 0 bridgehead atoms. The Bertz CT molecular complexity index is 3140. The first-order valence-electron chi connectivity index (χ1n) is 20.2. The van der Waals surface area contributed by atoms with Crippen molar-refractivity contribution in [1.82, 2.24) is 0 Å². The first kappa shape index (κ1) is 34.1. The van der Waals surface area contributed by atoms with E-state index in [1.54, 1.807) is 0 Å². The normalized spacial score (nSPS) is 12.8. The van der Waals surface area contributed by atoms with E-state index < -0.39 is 0 Å². The van der Waals surface area contributed by atoms with Crippen LogP contribution in [0.4, 0.5) is 17.1 Å². The Morgan fingerprint density at radius 3 is 1.38 bits per heavy atom. The third-order valence-corrected chi connectivity index (χ3v) is 12.4. The predicted octanol–water partition coefficient (Wildman–Crippen LogP) is 15.9. The Labute approximate surface area is 340 Å². The maximum Gasteiger partial charge on any atom is 0.0465 e. The van der Waals surface area contributed by atoms with Gasteiger partial charge in [-0.15, -0.1) is 0 Å². The molecule has 0 aromatic heterocycles. The SMILES string of the molecule is CC1(C)c2cc(-c3ccc4c(ccc5cc(-c6cc7ccccc7cc6-c6ccccc6)ccc54)c3)ccc2-c2ccc(N(c3ccccc3)c3ccccc3)cc21. The van der Waals surface area contributed by atoms with Gasteiger partial charge in [-0.25, -0.2) is 0 Å². The van der Waals surface area contributed by atoms with Gasteiger partial charge in [0, 0.05) is 22.5 Å². The van der Waals surface area contributed by atoms with E-state index in [0.717, 1.165) is 11.4 Å². The standard InChI is InChI=1S/C57H41N/c1-57(2)55-36-42(25-30-51(55)52-31-27-48(37-56(52)57)58(46-18-8-4-9-19-46)47-20-10-5-11-21-47)41-24-28-49-43(32-41)22-23-44-33-45(26-29-50(44)49)54-35-40-17-13-12-16-39(40)34-53(54)38-14-6-3-7-15-38/h3-37H,1-2H3. The lowest BCUT2D eigenvalue weighted by Crippen LogP contribution is -2.16. The Hall–Kier alpha value is -7.22. The highest BCUT2D eigenvalue weighted by Crippen LogP contribution is 2.52. The third kappa shape index (κ3) is 5.62. The van der Waals surface area contributed by atoms with Gasteiger partial charge in [0.1, 0.15) is 0 Å². The fourth-order valence-corrected chi connectivity index (χ4v) is 9.40. The number of rotatable bonds is 6. The van der Waals surface area contributed by atoms with Crippen molar-refractivity contribution >= 4 is 49.4 Å². The average Bonchev–Trinajstić information content (AvgIpc) is 3.51. The third-order valence-electron chi connectivity index (χ3n) is 12.4. The van der Waals surface area contributed by atoms with Crippen LogP contribution in [0.5, 0.6) is 0 Å². The molecule has 0 unspecified atom stereocenters. The van der Waals surface area contributed by atoms with Crippen LogP contribution in [0.15, 0.2) is 212 Å². The van der Waals surface area contributed by atoms with Crippen molar-refractivity contribution in [3.05, 3.63) is 223 Å². The monoisotopic (exact) mass is 739 g/mol. The maximum absolute atomic E-state index is 2.43. The van der Waals surface area contributed by atoms with E-state index in [2.05, 4.69) is 231 Å². The van der Waals surface area contributed by atoms with Gasteiger partial charge in [0.25, 0.3) is 0 Å². The van der Waals surface area contributed by atoms with Gasteiger partial charge in [-0.3, -0.25) is 0 Å². The van der Waals surface area contributed by atoms with Gasteiger partial charge in [-0.1, -0.05) is 159 Å². The van der Waals surface area contributed by atoms with Gasteiger partial charge in [0.05, 0.1) is 0 Å². The van der Waals surface area contributed by atoms with E-state index in [4.69, 9.17) is 0 Å². The summed E-state index contributed by atoms with van der Waals surface area (Å²) in [6.07, 6.45) is 0. The van der Waals surface area contributed by atoms with Gasteiger partial charge < -0.3 is 4.90 Å². The molecule has 0 atom stereocenters. The zero-order valence-electron chi connectivity index (χ0n) is 32.7. The van der Waals surface area contributed by atoms with Crippen LogP contribution < -0.4 is 4.90 Å². The van der Waals surface area contributed by atoms with Crippen molar-refractivity contribution in [2.24, 2.45) is 0 Å². The van der Waals surface area contributed by atoms with Crippen LogP contribution in [-0.4, -0.2) is 0 Å². The van der Waals surface area contributed by atoms with Crippen molar-refractivity contribution < 1.29 is 0 Å². The smallest absolute Gasteiger partial charge is 0.0465 e. The molecule has 0 heterocycles. The van der Waals surface area contributed by atoms with Crippen molar-refractivity contribution in [2.45, 2.75) is 19.3 Å². The van der Waals surface area contributed by atoms with Crippen molar-refractivity contribution in [3.63, 3.8) is 0 Å². The first-order chi connectivity index (χ1) is 28.5. The molecular formula is C57H41N. The summed E-state index contributed by atoms with van der Waals surface area (Å²) in [6, 6.07) is 78.1. The molecule has 58 heavy (non-hydrogen) atoms. The minimum absolute atomic E-state index is 0.161. The quantitative estimate of drug-likeness (QED) is 0.154. The molecule has 1 aliphatic carbocycles. The molecule has 11 rings (SSSR count). The molecule has 0 N–H and O–H groups in total. The van der Waals surface area contributed by atoms with Crippen LogP contribution in [0.1, 0.15) is 25.0 Å². The van der Waals surface area contributed by atoms with E-state index in [1.165, 1.54) is 93.6 Å². The molecule has 274 valence electrons.